The molecule has 160 valence electrons. The highest BCUT2D eigenvalue weighted by Gasteiger charge is 2.14. The number of hydrogen-bond donors (Lipinski definition) is 2. The van der Waals surface area contributed by atoms with Crippen molar-refractivity contribution in [3.05, 3.63) is 54.1 Å². The van der Waals surface area contributed by atoms with Crippen molar-refractivity contribution >= 4 is 53.6 Å². The lowest BCUT2D eigenvalue weighted by molar-refractivity contribution is 0.482. The molecule has 0 aliphatic heterocycles. The number of thioether (sulfide) groups is 1. The van der Waals surface area contributed by atoms with Crippen LogP contribution in [-0.2, 0) is 0 Å². The molecule has 9 heteroatoms. The Kier molecular flexibility index (Phi) is 12.0. The molecular formula is C21H28N6OS2. The van der Waals surface area contributed by atoms with Crippen molar-refractivity contribution in [1.29, 1.82) is 0 Å². The number of para-hydroxylation sites is 1. The molecule has 7 nitrogen and oxygen atoms in total. The minimum atomic E-state index is 0.372. The van der Waals surface area contributed by atoms with Gasteiger partial charge in [0.15, 0.2) is 16.7 Å². The lowest BCUT2D eigenvalue weighted by Gasteiger charge is -2.20. The molecule has 0 spiro atoms. The summed E-state index contributed by atoms with van der Waals surface area (Å²) >= 11 is 4.84. The Hall–Kier alpha value is -2.78. The second kappa shape index (κ2) is 14.2. The summed E-state index contributed by atoms with van der Waals surface area (Å²) in [6, 6.07) is 11.3. The van der Waals surface area contributed by atoms with E-state index >= 15 is 0 Å². The van der Waals surface area contributed by atoms with Gasteiger partial charge in [0.2, 0.25) is 0 Å². The van der Waals surface area contributed by atoms with Crippen molar-refractivity contribution < 1.29 is 4.74 Å². The van der Waals surface area contributed by atoms with Gasteiger partial charge in [-0.3, -0.25) is 0 Å². The standard InChI is InChI=1S/C20H24N6OS.CH4S/c1-5-12-28-20(21)24-19-17(27-16-10-8-7-9-11-16)13-15(14-23-19)26(4)18(6-2)25-22-3;1-2/h5,7-14H,3,6H2,1-2,4H3,(H2,21,23,24);2H,1H3/b12-5+,25-18-;. The normalized spacial score (nSPS) is 11.6. The van der Waals surface area contributed by atoms with E-state index in [9.17, 15) is 0 Å². The first-order valence-corrected chi connectivity index (χ1v) is 10.9. The maximum atomic E-state index is 6.02. The monoisotopic (exact) mass is 444 g/mol. The van der Waals surface area contributed by atoms with E-state index in [1.54, 1.807) is 12.5 Å². The van der Waals surface area contributed by atoms with Gasteiger partial charge >= 0.3 is 0 Å². The molecule has 2 rings (SSSR count). The number of ether oxygens (including phenoxy) is 1. The third kappa shape index (κ3) is 7.92. The molecular weight excluding hydrogens is 416 g/mol. The lowest BCUT2D eigenvalue weighted by Crippen LogP contribution is -2.25. The number of pyridine rings is 1. The Morgan fingerprint density at radius 2 is 2.03 bits per heavy atom. The van der Waals surface area contributed by atoms with Crippen LogP contribution in [0.3, 0.4) is 0 Å². The van der Waals surface area contributed by atoms with Crippen LogP contribution < -0.4 is 15.4 Å². The number of amidine groups is 2. The minimum absolute atomic E-state index is 0.372. The van der Waals surface area contributed by atoms with Gasteiger partial charge in [-0.15, -0.1) is 5.10 Å². The molecule has 1 heterocycles. The first-order chi connectivity index (χ1) is 14.6. The fourth-order valence-corrected chi connectivity index (χ4v) is 2.67. The fraction of sp³-hybridized carbons (Fsp3) is 0.238. The molecule has 1 aromatic carbocycles. The van der Waals surface area contributed by atoms with E-state index in [4.69, 9.17) is 10.5 Å². The number of rotatable bonds is 7. The van der Waals surface area contributed by atoms with E-state index in [1.165, 1.54) is 11.8 Å². The second-order valence-electron chi connectivity index (χ2n) is 5.54. The van der Waals surface area contributed by atoms with Crippen molar-refractivity contribution in [1.82, 2.24) is 4.98 Å². The van der Waals surface area contributed by atoms with E-state index in [2.05, 4.69) is 39.5 Å². The molecule has 0 aliphatic carbocycles. The summed E-state index contributed by atoms with van der Waals surface area (Å²) in [5, 5.41) is 9.92. The fourth-order valence-electron chi connectivity index (χ4n) is 2.26. The van der Waals surface area contributed by atoms with Crippen molar-refractivity contribution in [3.8, 4) is 11.5 Å². The van der Waals surface area contributed by atoms with Crippen LogP contribution in [0.4, 0.5) is 11.5 Å². The van der Waals surface area contributed by atoms with E-state index in [-0.39, 0.29) is 0 Å². The Bertz CT molecular complexity index is 884. The van der Waals surface area contributed by atoms with Gasteiger partial charge in [0, 0.05) is 26.3 Å². The number of aliphatic imine (C=N–C) groups is 1. The maximum absolute atomic E-state index is 6.02. The molecule has 2 aromatic rings. The molecule has 30 heavy (non-hydrogen) atoms. The number of anilines is 1. The summed E-state index contributed by atoms with van der Waals surface area (Å²) in [6.45, 7) is 7.33. The van der Waals surface area contributed by atoms with Gasteiger partial charge in [-0.2, -0.15) is 17.7 Å². The van der Waals surface area contributed by atoms with Crippen LogP contribution in [0.15, 0.2) is 69.3 Å². The zero-order chi connectivity index (χ0) is 22.4. The van der Waals surface area contributed by atoms with Gasteiger partial charge < -0.3 is 15.4 Å². The van der Waals surface area contributed by atoms with Gasteiger partial charge in [0.25, 0.3) is 0 Å². The predicted molar refractivity (Wildman–Crippen MR) is 135 cm³/mol. The van der Waals surface area contributed by atoms with Crippen molar-refractivity contribution in [3.63, 3.8) is 0 Å². The van der Waals surface area contributed by atoms with Crippen LogP contribution in [0.25, 0.3) is 0 Å². The van der Waals surface area contributed by atoms with Crippen LogP contribution >= 0.6 is 24.4 Å². The van der Waals surface area contributed by atoms with Crippen LogP contribution in [-0.4, -0.2) is 36.0 Å². The summed E-state index contributed by atoms with van der Waals surface area (Å²) in [4.78, 5) is 10.7. The first kappa shape index (κ1) is 25.3. The molecule has 0 fully saturated rings. The highest BCUT2D eigenvalue weighted by Crippen LogP contribution is 2.34. The molecule has 1 aromatic heterocycles. The summed E-state index contributed by atoms with van der Waals surface area (Å²) in [5.41, 5.74) is 6.76. The van der Waals surface area contributed by atoms with E-state index in [0.717, 1.165) is 11.5 Å². The van der Waals surface area contributed by atoms with Gasteiger partial charge in [0.1, 0.15) is 11.6 Å². The molecule has 0 amide bonds. The molecule has 0 radical (unpaired) electrons. The van der Waals surface area contributed by atoms with Crippen LogP contribution in [0.5, 0.6) is 11.5 Å². The van der Waals surface area contributed by atoms with Crippen LogP contribution in [0, 0.1) is 0 Å². The molecule has 0 atom stereocenters. The predicted octanol–water partition coefficient (Wildman–Crippen LogP) is 5.49. The Morgan fingerprint density at radius 3 is 2.63 bits per heavy atom. The van der Waals surface area contributed by atoms with E-state index < -0.39 is 0 Å². The number of nitrogens with zero attached hydrogens (tertiary/aromatic N) is 5. The number of aromatic nitrogens is 1. The number of hydrogen-bond acceptors (Lipinski definition) is 7. The third-order valence-corrected chi connectivity index (χ3v) is 4.35. The first-order valence-electron chi connectivity index (χ1n) is 9.15. The number of benzene rings is 1. The zero-order valence-corrected chi connectivity index (χ0v) is 19.4. The molecule has 0 bridgehead atoms. The Labute approximate surface area is 188 Å². The van der Waals surface area contributed by atoms with Gasteiger partial charge in [-0.05, 0) is 30.7 Å². The second-order valence-corrected chi connectivity index (χ2v) is 6.46. The number of nitrogens with two attached hydrogens (primary N) is 1. The molecule has 0 saturated carbocycles. The molecule has 0 saturated heterocycles. The average Bonchev–Trinajstić information content (AvgIpc) is 2.78. The molecule has 2 N–H and O–H groups in total. The smallest absolute Gasteiger partial charge is 0.198 e. The minimum Gasteiger partial charge on any atom is -0.453 e. The summed E-state index contributed by atoms with van der Waals surface area (Å²) in [5.74, 6) is 2.31. The van der Waals surface area contributed by atoms with Crippen molar-refractivity contribution in [2.24, 2.45) is 20.9 Å². The quantitative estimate of drug-likeness (QED) is 0.255. The average molecular weight is 445 g/mol. The van der Waals surface area contributed by atoms with Crippen LogP contribution in [0.1, 0.15) is 20.3 Å². The summed E-state index contributed by atoms with van der Waals surface area (Å²) < 4.78 is 6.02. The van der Waals surface area contributed by atoms with E-state index in [0.29, 0.717) is 28.9 Å². The summed E-state index contributed by atoms with van der Waals surface area (Å²) in [7, 11) is 1.88. The van der Waals surface area contributed by atoms with Gasteiger partial charge in [0.05, 0.1) is 11.9 Å². The lowest BCUT2D eigenvalue weighted by atomic mass is 10.3. The number of allylic oxidation sites excluding steroid dienone is 1. The maximum Gasteiger partial charge on any atom is 0.198 e. The third-order valence-electron chi connectivity index (χ3n) is 3.61. The topological polar surface area (TPSA) is 88.5 Å². The van der Waals surface area contributed by atoms with Crippen LogP contribution in [0.2, 0.25) is 0 Å². The molecule has 0 aliphatic rings. The van der Waals surface area contributed by atoms with Crippen molar-refractivity contribution in [2.45, 2.75) is 20.3 Å². The Balaban J connectivity index is 0.00000218. The zero-order valence-electron chi connectivity index (χ0n) is 17.7. The van der Waals surface area contributed by atoms with E-state index in [1.807, 2.05) is 73.7 Å². The van der Waals surface area contributed by atoms with Crippen molar-refractivity contribution in [2.75, 3.05) is 18.2 Å². The SMILES string of the molecule is C=N/N=C(/CC)N(C)c1cnc(/N=C(/N)S/C=C/C)c(Oc2ccccc2)c1.CS. The number of thiol groups is 1. The largest absolute Gasteiger partial charge is 0.453 e. The summed E-state index contributed by atoms with van der Waals surface area (Å²) in [6.07, 6.45) is 5.97. The highest BCUT2D eigenvalue weighted by atomic mass is 32.2. The van der Waals surface area contributed by atoms with Gasteiger partial charge in [-0.25, -0.2) is 9.98 Å². The Morgan fingerprint density at radius 1 is 1.33 bits per heavy atom. The molecule has 0 unspecified atom stereocenters. The highest BCUT2D eigenvalue weighted by molar-refractivity contribution is 8.16. The van der Waals surface area contributed by atoms with Gasteiger partial charge in [-0.1, -0.05) is 43.0 Å².